The standard InChI is InChI=1S/C37H62N6O3/c1-13-15-17-38-31-40-32(39-18-16-14-2)42-33(41-31)43-36(9,10)22-27(23-37(43,11)12)46-24-26(44)19-25-20-28(34(3,4)5)30(45)29(21-25)35(6,7)8/h20-21,27,45H,13-19,22-24H2,1-12H3,(H2,38,39,40,41,42). The van der Waals surface area contributed by atoms with E-state index < -0.39 is 0 Å². The van der Waals surface area contributed by atoms with Crippen molar-refractivity contribution in [2.75, 3.05) is 35.2 Å². The number of Topliss-reactive ketones (excluding diaryl/α,β-unsaturated/α-hetero) is 1. The number of ether oxygens (including phenoxy) is 1. The van der Waals surface area contributed by atoms with Gasteiger partial charge in [-0.1, -0.05) is 80.4 Å². The average molecular weight is 639 g/mol. The maximum Gasteiger partial charge on any atom is 0.232 e. The number of carbonyl (C=O) groups excluding carboxylic acids is 1. The lowest BCUT2D eigenvalue weighted by atomic mass is 9.78. The molecule has 2 aromatic rings. The molecule has 0 bridgehead atoms. The fourth-order valence-electron chi connectivity index (χ4n) is 6.65. The van der Waals surface area contributed by atoms with Gasteiger partial charge in [-0.2, -0.15) is 15.0 Å². The second kappa shape index (κ2) is 14.9. The summed E-state index contributed by atoms with van der Waals surface area (Å²) < 4.78 is 6.37. The Morgan fingerprint density at radius 2 is 1.33 bits per heavy atom. The molecule has 0 saturated carbocycles. The van der Waals surface area contributed by atoms with Crippen molar-refractivity contribution in [1.82, 2.24) is 15.0 Å². The molecule has 0 spiro atoms. The van der Waals surface area contributed by atoms with Crippen LogP contribution in [0.1, 0.15) is 138 Å². The maximum atomic E-state index is 13.3. The molecule has 9 heteroatoms. The number of nitrogens with one attached hydrogen (secondary N) is 2. The van der Waals surface area contributed by atoms with E-state index in [9.17, 15) is 9.90 Å². The van der Waals surface area contributed by atoms with E-state index in [0.29, 0.717) is 23.6 Å². The van der Waals surface area contributed by atoms with Crippen LogP contribution in [0.2, 0.25) is 0 Å². The van der Waals surface area contributed by atoms with Crippen molar-refractivity contribution >= 4 is 23.6 Å². The highest BCUT2D eigenvalue weighted by Crippen LogP contribution is 2.43. The molecular formula is C37H62N6O3. The molecular weight excluding hydrogens is 576 g/mol. The summed E-state index contributed by atoms with van der Waals surface area (Å²) in [6.45, 7) is 27.3. The first kappa shape index (κ1) is 37.5. The second-order valence-electron chi connectivity index (χ2n) is 16.4. The summed E-state index contributed by atoms with van der Waals surface area (Å²) in [6.07, 6.45) is 5.90. The van der Waals surface area contributed by atoms with E-state index in [2.05, 4.69) is 104 Å². The zero-order valence-electron chi connectivity index (χ0n) is 30.9. The number of anilines is 3. The highest BCUT2D eigenvalue weighted by atomic mass is 16.5. The van der Waals surface area contributed by atoms with Crippen LogP contribution in [0.25, 0.3) is 0 Å². The minimum Gasteiger partial charge on any atom is -0.507 e. The number of benzene rings is 1. The van der Waals surface area contributed by atoms with Crippen LogP contribution in [-0.2, 0) is 26.8 Å². The van der Waals surface area contributed by atoms with Crippen molar-refractivity contribution in [2.24, 2.45) is 0 Å². The number of nitrogens with zero attached hydrogens (tertiary/aromatic N) is 4. The van der Waals surface area contributed by atoms with Gasteiger partial charge in [0, 0.05) is 30.6 Å². The van der Waals surface area contributed by atoms with Crippen LogP contribution in [0.4, 0.5) is 17.8 Å². The lowest BCUT2D eigenvalue weighted by Gasteiger charge is -2.55. The largest absolute Gasteiger partial charge is 0.507 e. The number of hydrogen-bond acceptors (Lipinski definition) is 9. The van der Waals surface area contributed by atoms with Crippen LogP contribution < -0.4 is 15.5 Å². The van der Waals surface area contributed by atoms with Gasteiger partial charge in [-0.25, -0.2) is 0 Å². The first-order valence-electron chi connectivity index (χ1n) is 17.3. The quantitative estimate of drug-likeness (QED) is 0.177. The Balaban J connectivity index is 1.77. The summed E-state index contributed by atoms with van der Waals surface area (Å²) in [5.41, 5.74) is 1.48. The van der Waals surface area contributed by atoms with Gasteiger partial charge in [0.15, 0.2) is 5.78 Å². The number of phenols is 1. The third-order valence-corrected chi connectivity index (χ3v) is 8.78. The molecule has 3 rings (SSSR count). The van der Waals surface area contributed by atoms with E-state index in [0.717, 1.165) is 68.3 Å². The molecule has 1 aromatic carbocycles. The topological polar surface area (TPSA) is 112 Å². The number of ketones is 1. The lowest BCUT2D eigenvalue weighted by molar-refractivity contribution is -0.126. The number of aromatic hydroxyl groups is 1. The lowest BCUT2D eigenvalue weighted by Crippen LogP contribution is -2.63. The molecule has 258 valence electrons. The number of phenolic OH excluding ortho intramolecular Hbond substituents is 1. The molecule has 9 nitrogen and oxygen atoms in total. The zero-order valence-corrected chi connectivity index (χ0v) is 30.9. The Morgan fingerprint density at radius 3 is 1.74 bits per heavy atom. The van der Waals surface area contributed by atoms with Crippen molar-refractivity contribution in [3.63, 3.8) is 0 Å². The second-order valence-corrected chi connectivity index (χ2v) is 16.4. The maximum absolute atomic E-state index is 13.3. The summed E-state index contributed by atoms with van der Waals surface area (Å²) in [5, 5.41) is 17.9. The van der Waals surface area contributed by atoms with Gasteiger partial charge in [0.2, 0.25) is 17.8 Å². The monoisotopic (exact) mass is 638 g/mol. The first-order chi connectivity index (χ1) is 21.3. The van der Waals surface area contributed by atoms with Gasteiger partial charge < -0.3 is 25.4 Å². The molecule has 1 saturated heterocycles. The number of piperidine rings is 1. The zero-order chi connectivity index (χ0) is 34.5. The summed E-state index contributed by atoms with van der Waals surface area (Å²) in [5.74, 6) is 2.19. The molecule has 46 heavy (non-hydrogen) atoms. The molecule has 1 aromatic heterocycles. The molecule has 0 atom stereocenters. The minimum atomic E-state index is -0.335. The van der Waals surface area contributed by atoms with Crippen LogP contribution >= 0.6 is 0 Å². The van der Waals surface area contributed by atoms with Gasteiger partial charge in [0.1, 0.15) is 12.4 Å². The summed E-state index contributed by atoms with van der Waals surface area (Å²) in [6, 6.07) is 3.97. The van der Waals surface area contributed by atoms with Crippen LogP contribution in [0.5, 0.6) is 5.75 Å². The highest BCUT2D eigenvalue weighted by molar-refractivity contribution is 5.82. The molecule has 1 fully saturated rings. The third-order valence-electron chi connectivity index (χ3n) is 8.78. The van der Waals surface area contributed by atoms with Gasteiger partial charge in [-0.3, -0.25) is 4.79 Å². The Hall–Kier alpha value is -2.94. The van der Waals surface area contributed by atoms with Crippen molar-refractivity contribution in [1.29, 1.82) is 0 Å². The van der Waals surface area contributed by atoms with E-state index in [1.165, 1.54) is 0 Å². The first-order valence-corrected chi connectivity index (χ1v) is 17.3. The minimum absolute atomic E-state index is 0.0338. The van der Waals surface area contributed by atoms with Gasteiger partial charge in [0.05, 0.1) is 6.10 Å². The van der Waals surface area contributed by atoms with Gasteiger partial charge in [-0.05, 0) is 80.9 Å². The number of unbranched alkanes of at least 4 members (excludes halogenated alkanes) is 2. The van der Waals surface area contributed by atoms with E-state index in [-0.39, 0.29) is 46.8 Å². The van der Waals surface area contributed by atoms with Gasteiger partial charge in [-0.15, -0.1) is 0 Å². The number of carbonyl (C=O) groups is 1. The number of rotatable bonds is 14. The van der Waals surface area contributed by atoms with Crippen molar-refractivity contribution in [3.05, 3.63) is 28.8 Å². The predicted octanol–water partition coefficient (Wildman–Crippen LogP) is 7.95. The Morgan fingerprint density at radius 1 is 0.870 bits per heavy atom. The SMILES string of the molecule is CCCCNc1nc(NCCCC)nc(N2C(C)(C)CC(OCC(=O)Cc3cc(C(C)(C)C)c(O)c(C(C)(C)C)c3)CC2(C)C)n1. The molecule has 2 heterocycles. The fourth-order valence-corrected chi connectivity index (χ4v) is 6.65. The van der Waals surface area contributed by atoms with Crippen LogP contribution in [0.15, 0.2) is 12.1 Å². The predicted molar refractivity (Wildman–Crippen MR) is 190 cm³/mol. The molecule has 0 radical (unpaired) electrons. The Bertz CT molecular complexity index is 1240. The molecule has 0 unspecified atom stereocenters. The highest BCUT2D eigenvalue weighted by Gasteiger charge is 2.47. The number of hydrogen-bond donors (Lipinski definition) is 3. The van der Waals surface area contributed by atoms with E-state index in [1.807, 2.05) is 12.1 Å². The Labute approximate surface area is 278 Å². The summed E-state index contributed by atoms with van der Waals surface area (Å²) in [4.78, 5) is 30.1. The average Bonchev–Trinajstić information content (AvgIpc) is 2.90. The summed E-state index contributed by atoms with van der Waals surface area (Å²) >= 11 is 0. The molecule has 0 aliphatic carbocycles. The van der Waals surface area contributed by atoms with E-state index in [1.54, 1.807) is 0 Å². The van der Waals surface area contributed by atoms with Gasteiger partial charge >= 0.3 is 0 Å². The molecule has 1 aliphatic heterocycles. The van der Waals surface area contributed by atoms with Crippen LogP contribution in [0.3, 0.4) is 0 Å². The van der Waals surface area contributed by atoms with Crippen LogP contribution in [0, 0.1) is 0 Å². The normalized spacial score (nSPS) is 16.8. The van der Waals surface area contributed by atoms with Crippen LogP contribution in [-0.4, -0.2) is 62.7 Å². The van der Waals surface area contributed by atoms with E-state index in [4.69, 9.17) is 14.7 Å². The van der Waals surface area contributed by atoms with Crippen molar-refractivity contribution < 1.29 is 14.6 Å². The smallest absolute Gasteiger partial charge is 0.232 e. The molecule has 1 aliphatic rings. The van der Waals surface area contributed by atoms with Crippen molar-refractivity contribution in [3.8, 4) is 5.75 Å². The van der Waals surface area contributed by atoms with Gasteiger partial charge in [0.25, 0.3) is 0 Å². The third kappa shape index (κ3) is 9.79. The number of aromatic nitrogens is 3. The van der Waals surface area contributed by atoms with E-state index >= 15 is 0 Å². The Kier molecular flexibility index (Phi) is 12.1. The molecule has 0 amide bonds. The summed E-state index contributed by atoms with van der Waals surface area (Å²) in [7, 11) is 0. The van der Waals surface area contributed by atoms with Crippen molar-refractivity contribution in [2.45, 2.75) is 156 Å². The fraction of sp³-hybridized carbons (Fsp3) is 0.730. The molecule has 3 N–H and O–H groups in total.